The third kappa shape index (κ3) is 6.15. The highest BCUT2D eigenvalue weighted by Gasteiger charge is 2.36. The Labute approximate surface area is 130 Å². The van der Waals surface area contributed by atoms with E-state index in [4.69, 9.17) is 21.2 Å². The molecule has 0 bridgehead atoms. The van der Waals surface area contributed by atoms with Crippen molar-refractivity contribution in [3.05, 3.63) is 5.28 Å². The van der Waals surface area contributed by atoms with E-state index in [0.717, 1.165) is 6.92 Å². The number of alkyl halides is 3. The van der Waals surface area contributed by atoms with E-state index in [9.17, 15) is 13.2 Å². The van der Waals surface area contributed by atoms with Crippen LogP contribution in [0.15, 0.2) is 0 Å². The Morgan fingerprint density at radius 3 is 2.21 bits per heavy atom. The minimum absolute atomic E-state index is 0. The Balaban J connectivity index is 0.00000625. The maximum Gasteiger partial charge on any atom is 0.408 e. The third-order valence-electron chi connectivity index (χ3n) is 1.68. The highest BCUT2D eigenvalue weighted by Crippen LogP contribution is 2.22. The van der Waals surface area contributed by atoms with E-state index in [-0.39, 0.29) is 13.5 Å². The molecule has 0 unspecified atom stereocenters. The van der Waals surface area contributed by atoms with Crippen molar-refractivity contribution in [2.75, 3.05) is 10.6 Å². The van der Waals surface area contributed by atoms with Gasteiger partial charge in [0, 0.05) is 14.2 Å². The summed E-state index contributed by atoms with van der Waals surface area (Å²) in [5.41, 5.74) is 0. The molecule has 0 aliphatic rings. The molecular formula is C9H15ClF3N5S. The molecule has 0 aromatic carbocycles. The highest BCUT2D eigenvalue weighted by atomic mass is 35.5. The molecule has 1 heterocycles. The smallest absolute Gasteiger partial charge is 0.352 e. The van der Waals surface area contributed by atoms with Crippen LogP contribution in [0.3, 0.4) is 0 Å². The van der Waals surface area contributed by atoms with E-state index in [1.54, 1.807) is 5.32 Å². The first-order valence-corrected chi connectivity index (χ1v) is 4.88. The number of nitrogens with one attached hydrogen (secondary N) is 2. The van der Waals surface area contributed by atoms with Crippen LogP contribution in [0, 0.1) is 0 Å². The van der Waals surface area contributed by atoms with Gasteiger partial charge in [0.15, 0.2) is 0 Å². The molecule has 0 aliphatic carbocycles. The maximum absolute atomic E-state index is 12.6. The lowest BCUT2D eigenvalue weighted by atomic mass is 10.3. The normalized spacial score (nSPS) is 20.2. The van der Waals surface area contributed by atoms with Crippen LogP contribution in [0.25, 0.3) is 0 Å². The summed E-state index contributed by atoms with van der Waals surface area (Å²) in [6.07, 6.45) is -4.64. The summed E-state index contributed by atoms with van der Waals surface area (Å²) in [6.45, 7) is -5.92. The molecule has 0 amide bonds. The Morgan fingerprint density at radius 1 is 1.21 bits per heavy atom. The second-order valence-electron chi connectivity index (χ2n) is 3.16. The predicted octanol–water partition coefficient (Wildman–Crippen LogP) is 2.82. The molecule has 19 heavy (non-hydrogen) atoms. The monoisotopic (exact) mass is 324 g/mol. The summed E-state index contributed by atoms with van der Waals surface area (Å²) >= 11 is 5.54. The van der Waals surface area contributed by atoms with Gasteiger partial charge in [0.2, 0.25) is 17.2 Å². The van der Waals surface area contributed by atoms with Gasteiger partial charge in [-0.15, -0.1) is 0 Å². The average molecular weight is 325 g/mol. The van der Waals surface area contributed by atoms with Crippen molar-refractivity contribution in [1.29, 1.82) is 0 Å². The molecule has 10 heteroatoms. The first-order chi connectivity index (χ1) is 11.0. The number of hydrogen-bond donors (Lipinski definition) is 2. The molecule has 1 aromatic rings. The molecule has 0 spiro atoms. The second kappa shape index (κ2) is 6.99. The first-order valence-electron chi connectivity index (χ1n) is 8.00. The molecule has 0 aliphatic heterocycles. The first kappa shape index (κ1) is 9.06. The van der Waals surface area contributed by atoms with Crippen LogP contribution in [0.2, 0.25) is 5.28 Å². The molecule has 1 rings (SSSR count). The fourth-order valence-electron chi connectivity index (χ4n) is 0.858. The molecule has 1 atom stereocenters. The highest BCUT2D eigenvalue weighted by molar-refractivity contribution is 7.59. The Morgan fingerprint density at radius 2 is 1.74 bits per heavy atom. The van der Waals surface area contributed by atoms with Gasteiger partial charge in [0.1, 0.15) is 6.04 Å². The molecule has 0 saturated carbocycles. The number of anilines is 2. The van der Waals surface area contributed by atoms with Crippen LogP contribution in [0.5, 0.6) is 0 Å². The zero-order valence-corrected chi connectivity index (χ0v) is 11.2. The van der Waals surface area contributed by atoms with Crippen molar-refractivity contribution in [3.63, 3.8) is 0 Å². The van der Waals surface area contributed by atoms with E-state index >= 15 is 0 Å². The van der Waals surface area contributed by atoms with Crippen molar-refractivity contribution in [3.8, 4) is 0 Å². The van der Waals surface area contributed by atoms with Crippen LogP contribution in [0.4, 0.5) is 25.1 Å². The molecule has 1 aromatic heterocycles. The molecule has 0 radical (unpaired) electrons. The number of rotatable bonds is 4. The van der Waals surface area contributed by atoms with Gasteiger partial charge in [-0.2, -0.15) is 41.6 Å². The second-order valence-corrected chi connectivity index (χ2v) is 3.50. The lowest BCUT2D eigenvalue weighted by Gasteiger charge is -2.17. The Kier molecular flexibility index (Phi) is 3.34. The summed E-state index contributed by atoms with van der Waals surface area (Å²) < 4.78 is 88.9. The van der Waals surface area contributed by atoms with Crippen molar-refractivity contribution in [2.45, 2.75) is 38.9 Å². The molecule has 110 valence electrons. The molecule has 2 N–H and O–H groups in total. The largest absolute Gasteiger partial charge is 0.408 e. The van der Waals surface area contributed by atoms with E-state index in [0.29, 0.717) is 0 Å². The van der Waals surface area contributed by atoms with Gasteiger partial charge in [0.05, 0.1) is 1.37 Å². The van der Waals surface area contributed by atoms with Crippen LogP contribution in [-0.2, 0) is 0 Å². The minimum atomic E-state index is -4.64. The number of halogens is 4. The summed E-state index contributed by atoms with van der Waals surface area (Å²) in [6, 6.07) is -5.30. The lowest BCUT2D eigenvalue weighted by molar-refractivity contribution is -0.138. The van der Waals surface area contributed by atoms with Crippen molar-refractivity contribution in [1.82, 2.24) is 15.0 Å². The number of nitrogens with zero attached hydrogens (tertiary/aromatic N) is 3. The van der Waals surface area contributed by atoms with Crippen LogP contribution in [0.1, 0.15) is 30.2 Å². The fraction of sp³-hybridized carbons (Fsp3) is 0.667. The van der Waals surface area contributed by atoms with Gasteiger partial charge < -0.3 is 10.6 Å². The number of hydrogen-bond acceptors (Lipinski definition) is 5. The van der Waals surface area contributed by atoms with Gasteiger partial charge >= 0.3 is 6.18 Å². The standard InChI is InChI=1S/C9H13ClF3N5.H2S/c1-4(2)14-7-16-6(10)17-8(18-7)15-5(3)9(11,12)13;/h4-5H,1-3H3,(H2,14,15,16,17,18);1H2/t5-;/m0./s1/i1D3,2D3,4D;. The molecule has 0 fully saturated rings. The zero-order valence-electron chi connectivity index (χ0n) is 16.4. The molecule has 0 saturated heterocycles. The average Bonchev–Trinajstić information content (AvgIpc) is 2.33. The van der Waals surface area contributed by atoms with Crippen molar-refractivity contribution < 1.29 is 22.8 Å². The van der Waals surface area contributed by atoms with E-state index in [1.807, 2.05) is 5.32 Å². The van der Waals surface area contributed by atoms with Crippen LogP contribution < -0.4 is 10.6 Å². The Bertz CT molecular complexity index is 613. The number of aromatic nitrogens is 3. The maximum atomic E-state index is 12.6. The minimum Gasteiger partial charge on any atom is -0.352 e. The zero-order chi connectivity index (χ0) is 19.8. The van der Waals surface area contributed by atoms with Gasteiger partial charge in [0.25, 0.3) is 0 Å². The molecular weight excluding hydrogens is 303 g/mol. The predicted molar refractivity (Wildman–Crippen MR) is 73.1 cm³/mol. The summed E-state index contributed by atoms with van der Waals surface area (Å²) in [7, 11) is 0. The topological polar surface area (TPSA) is 62.7 Å². The van der Waals surface area contributed by atoms with E-state index in [1.165, 1.54) is 0 Å². The molecule has 5 nitrogen and oxygen atoms in total. The van der Waals surface area contributed by atoms with Gasteiger partial charge in [-0.25, -0.2) is 0 Å². The summed E-state index contributed by atoms with van der Waals surface area (Å²) in [4.78, 5) is 10.2. The van der Waals surface area contributed by atoms with Gasteiger partial charge in [-0.3, -0.25) is 0 Å². The van der Waals surface area contributed by atoms with E-state index in [2.05, 4.69) is 15.0 Å². The van der Waals surface area contributed by atoms with Crippen LogP contribution in [-0.4, -0.2) is 33.2 Å². The SMILES string of the molecule is S.[2H]C([2H])([2H])C([2H])(Nc1nc(Cl)nc(N[C@@H](C)C(F)(F)F)n1)C([2H])([2H])[2H]. The van der Waals surface area contributed by atoms with Crippen LogP contribution >= 0.6 is 25.1 Å². The summed E-state index contributed by atoms with van der Waals surface area (Å²) in [5.74, 6) is -1.45. The van der Waals surface area contributed by atoms with Gasteiger partial charge in [-0.05, 0) is 32.2 Å². The van der Waals surface area contributed by atoms with E-state index < -0.39 is 49.1 Å². The third-order valence-corrected chi connectivity index (χ3v) is 1.85. The van der Waals surface area contributed by atoms with Gasteiger partial charge in [-0.1, -0.05) is 0 Å². The van der Waals surface area contributed by atoms with Crippen molar-refractivity contribution >= 4 is 37.0 Å². The quantitative estimate of drug-likeness (QED) is 0.891. The fourth-order valence-corrected chi connectivity index (χ4v) is 1.02. The Hall–Kier alpha value is -0.960. The summed E-state index contributed by atoms with van der Waals surface area (Å²) in [5, 5.41) is 3.04. The lowest BCUT2D eigenvalue weighted by Crippen LogP contribution is -2.34. The van der Waals surface area contributed by atoms with Crippen molar-refractivity contribution in [2.24, 2.45) is 0 Å².